The van der Waals surface area contributed by atoms with Crippen molar-refractivity contribution in [3.05, 3.63) is 32.5 Å². The lowest BCUT2D eigenvalue weighted by molar-refractivity contribution is 0.644. The van der Waals surface area contributed by atoms with E-state index in [0.717, 1.165) is 15.4 Å². The summed E-state index contributed by atoms with van der Waals surface area (Å²) in [5, 5.41) is 3.08. The molecule has 0 unspecified atom stereocenters. The Morgan fingerprint density at radius 2 is 2.23 bits per heavy atom. The highest BCUT2D eigenvalue weighted by molar-refractivity contribution is 14.1. The summed E-state index contributed by atoms with van der Waals surface area (Å²) in [7, 11) is 0. The Kier molecular flexibility index (Phi) is 2.90. The highest BCUT2D eigenvalue weighted by atomic mass is 127. The van der Waals surface area contributed by atoms with Crippen LogP contribution in [-0.4, -0.2) is 0 Å². The van der Waals surface area contributed by atoms with Crippen LogP contribution in [0.1, 0.15) is 5.56 Å². The Bertz CT molecular complexity index is 452. The summed E-state index contributed by atoms with van der Waals surface area (Å²) in [5.74, 6) is -0.112. The number of fused-ring (bicyclic) bond motifs is 1. The van der Waals surface area contributed by atoms with Crippen molar-refractivity contribution in [3.63, 3.8) is 0 Å². The van der Waals surface area contributed by atoms with Gasteiger partial charge in [-0.25, -0.2) is 4.39 Å². The number of rotatable bonds is 1. The van der Waals surface area contributed by atoms with Gasteiger partial charge in [-0.2, -0.15) is 0 Å². The molecule has 0 amide bonds. The largest absolute Gasteiger partial charge is 0.205 e. The quantitative estimate of drug-likeness (QED) is 0.510. The number of hydrogen-bond acceptors (Lipinski definition) is 1. The molecule has 0 aliphatic carbocycles. The number of hydrogen-bond donors (Lipinski definition) is 0. The van der Waals surface area contributed by atoms with Gasteiger partial charge in [-0.15, -0.1) is 11.3 Å². The molecule has 0 nitrogen and oxygen atoms in total. The number of thiophene rings is 1. The third-order valence-corrected chi connectivity index (χ3v) is 4.47. The second-order valence-corrected chi connectivity index (χ2v) is 5.22. The summed E-state index contributed by atoms with van der Waals surface area (Å²) in [4.78, 5) is 0. The van der Waals surface area contributed by atoms with Gasteiger partial charge < -0.3 is 0 Å². The molecule has 2 rings (SSSR count). The SMILES string of the molecule is Fc1csc2c(CBr)c(I)ccc12. The molecule has 13 heavy (non-hydrogen) atoms. The van der Waals surface area contributed by atoms with Crippen molar-refractivity contribution in [1.82, 2.24) is 0 Å². The van der Waals surface area contributed by atoms with E-state index in [2.05, 4.69) is 38.5 Å². The molecule has 0 bridgehead atoms. The first-order valence-electron chi connectivity index (χ1n) is 3.64. The van der Waals surface area contributed by atoms with Crippen molar-refractivity contribution < 1.29 is 4.39 Å². The van der Waals surface area contributed by atoms with E-state index in [-0.39, 0.29) is 5.82 Å². The van der Waals surface area contributed by atoms with Crippen LogP contribution < -0.4 is 0 Å². The smallest absolute Gasteiger partial charge is 0.141 e. The van der Waals surface area contributed by atoms with Crippen LogP contribution in [-0.2, 0) is 5.33 Å². The molecule has 1 aromatic heterocycles. The van der Waals surface area contributed by atoms with Crippen LogP contribution in [0.4, 0.5) is 4.39 Å². The van der Waals surface area contributed by atoms with Crippen molar-refractivity contribution in [2.24, 2.45) is 0 Å². The fraction of sp³-hybridized carbons (Fsp3) is 0.111. The molecular formula is C9H5BrFIS. The minimum absolute atomic E-state index is 0.112. The third kappa shape index (κ3) is 1.64. The van der Waals surface area contributed by atoms with Crippen LogP contribution in [0.25, 0.3) is 10.1 Å². The second kappa shape index (κ2) is 3.82. The zero-order valence-corrected chi connectivity index (χ0v) is 11.0. The van der Waals surface area contributed by atoms with Gasteiger partial charge in [0, 0.05) is 24.4 Å². The van der Waals surface area contributed by atoms with E-state index < -0.39 is 0 Å². The predicted molar refractivity (Wildman–Crippen MR) is 67.1 cm³/mol. The van der Waals surface area contributed by atoms with Gasteiger partial charge >= 0.3 is 0 Å². The van der Waals surface area contributed by atoms with E-state index in [1.807, 2.05) is 12.1 Å². The van der Waals surface area contributed by atoms with E-state index in [4.69, 9.17) is 0 Å². The Balaban J connectivity index is 2.85. The summed E-state index contributed by atoms with van der Waals surface area (Å²) >= 11 is 7.16. The topological polar surface area (TPSA) is 0 Å². The minimum atomic E-state index is -0.112. The minimum Gasteiger partial charge on any atom is -0.205 e. The molecule has 0 N–H and O–H groups in total. The van der Waals surface area contributed by atoms with Gasteiger partial charge in [0.05, 0.1) is 0 Å². The maximum absolute atomic E-state index is 13.2. The molecule has 0 radical (unpaired) electrons. The van der Waals surface area contributed by atoms with Crippen molar-refractivity contribution in [3.8, 4) is 0 Å². The van der Waals surface area contributed by atoms with E-state index in [1.54, 1.807) is 5.38 Å². The fourth-order valence-corrected chi connectivity index (χ4v) is 4.31. The third-order valence-electron chi connectivity index (χ3n) is 1.87. The summed E-state index contributed by atoms with van der Waals surface area (Å²) in [6, 6.07) is 3.80. The van der Waals surface area contributed by atoms with Crippen LogP contribution in [0.15, 0.2) is 17.5 Å². The Hall–Kier alpha value is 0.320. The lowest BCUT2D eigenvalue weighted by atomic mass is 10.2. The van der Waals surface area contributed by atoms with Gasteiger partial charge in [-0.05, 0) is 40.3 Å². The molecule has 0 aliphatic rings. The first-order chi connectivity index (χ1) is 6.24. The molecule has 2 aromatic rings. The van der Waals surface area contributed by atoms with Crippen LogP contribution in [0, 0.1) is 9.39 Å². The van der Waals surface area contributed by atoms with Crippen molar-refractivity contribution in [2.45, 2.75) is 5.33 Å². The Labute approximate surface area is 101 Å². The van der Waals surface area contributed by atoms with E-state index in [0.29, 0.717) is 0 Å². The molecule has 0 atom stereocenters. The molecule has 0 saturated carbocycles. The first kappa shape index (κ1) is 9.86. The lowest BCUT2D eigenvalue weighted by Gasteiger charge is -2.01. The lowest BCUT2D eigenvalue weighted by Crippen LogP contribution is -1.83. The predicted octanol–water partition coefficient (Wildman–Crippen LogP) is 4.54. The van der Waals surface area contributed by atoms with Gasteiger partial charge in [0.25, 0.3) is 0 Å². The fourth-order valence-electron chi connectivity index (χ4n) is 1.23. The summed E-state index contributed by atoms with van der Waals surface area (Å²) in [5.41, 5.74) is 1.19. The van der Waals surface area contributed by atoms with E-state index in [1.165, 1.54) is 20.5 Å². The molecular weight excluding hydrogens is 366 g/mol. The van der Waals surface area contributed by atoms with Crippen LogP contribution >= 0.6 is 49.9 Å². The Morgan fingerprint density at radius 1 is 1.46 bits per heavy atom. The summed E-state index contributed by atoms with van der Waals surface area (Å²) < 4.78 is 15.4. The van der Waals surface area contributed by atoms with Gasteiger partial charge in [0.2, 0.25) is 0 Å². The van der Waals surface area contributed by atoms with E-state index >= 15 is 0 Å². The van der Waals surface area contributed by atoms with Crippen LogP contribution in [0.2, 0.25) is 0 Å². The molecule has 4 heteroatoms. The van der Waals surface area contributed by atoms with Gasteiger partial charge in [0.1, 0.15) is 5.82 Å². The van der Waals surface area contributed by atoms with Crippen molar-refractivity contribution in [1.29, 1.82) is 0 Å². The molecule has 0 fully saturated rings. The van der Waals surface area contributed by atoms with Crippen molar-refractivity contribution in [2.75, 3.05) is 0 Å². The highest BCUT2D eigenvalue weighted by Crippen LogP contribution is 2.32. The molecule has 0 saturated heterocycles. The maximum Gasteiger partial charge on any atom is 0.141 e. The van der Waals surface area contributed by atoms with Gasteiger partial charge in [0.15, 0.2) is 0 Å². The van der Waals surface area contributed by atoms with Gasteiger partial charge in [-0.3, -0.25) is 0 Å². The number of benzene rings is 1. The second-order valence-electron chi connectivity index (χ2n) is 2.62. The molecule has 1 aromatic carbocycles. The monoisotopic (exact) mass is 370 g/mol. The average Bonchev–Trinajstić information content (AvgIpc) is 2.48. The van der Waals surface area contributed by atoms with Crippen molar-refractivity contribution >= 4 is 59.9 Å². The van der Waals surface area contributed by atoms with Crippen LogP contribution in [0.5, 0.6) is 0 Å². The molecule has 0 spiro atoms. The molecule has 0 aliphatic heterocycles. The van der Waals surface area contributed by atoms with Gasteiger partial charge in [-0.1, -0.05) is 15.9 Å². The molecule has 1 heterocycles. The number of alkyl halides is 1. The summed E-state index contributed by atoms with van der Waals surface area (Å²) in [6.45, 7) is 0. The standard InChI is InChI=1S/C9H5BrFIS/c10-3-6-8(12)2-1-5-7(11)4-13-9(5)6/h1-2,4H,3H2. The normalized spacial score (nSPS) is 11.0. The average molecular weight is 371 g/mol. The maximum atomic E-state index is 13.2. The summed E-state index contributed by atoms with van der Waals surface area (Å²) in [6.07, 6.45) is 0. The highest BCUT2D eigenvalue weighted by Gasteiger charge is 2.09. The number of halogens is 3. The first-order valence-corrected chi connectivity index (χ1v) is 6.72. The van der Waals surface area contributed by atoms with E-state index in [9.17, 15) is 4.39 Å². The van der Waals surface area contributed by atoms with Crippen LogP contribution in [0.3, 0.4) is 0 Å². The Morgan fingerprint density at radius 3 is 2.92 bits per heavy atom. The zero-order chi connectivity index (χ0) is 9.42. The zero-order valence-electron chi connectivity index (χ0n) is 6.48. The molecule has 68 valence electrons.